The highest BCUT2D eigenvalue weighted by atomic mass is 16.7. The number of amides is 1. The molecule has 17 nitrogen and oxygen atoms in total. The van der Waals surface area contributed by atoms with Crippen LogP contribution in [0, 0.1) is 17.8 Å². The van der Waals surface area contributed by atoms with Gasteiger partial charge < -0.3 is 75.3 Å². The zero-order chi connectivity index (χ0) is 47.9. The summed E-state index contributed by atoms with van der Waals surface area (Å²) in [5, 5.41) is 58.2. The Morgan fingerprint density at radius 3 is 2.20 bits per heavy atom. The van der Waals surface area contributed by atoms with E-state index in [9.17, 15) is 30.0 Å². The molecule has 3 saturated heterocycles. The first-order chi connectivity index (χ1) is 29.9. The maximum absolute atomic E-state index is 14.5. The summed E-state index contributed by atoms with van der Waals surface area (Å²) in [4.78, 5) is 26.4. The van der Waals surface area contributed by atoms with Crippen molar-refractivity contribution < 1.29 is 63.2 Å². The maximum atomic E-state index is 14.5. The van der Waals surface area contributed by atoms with E-state index < -0.39 is 101 Å². The molecule has 3 aliphatic rings. The number of hydrogen-bond acceptors (Lipinski definition) is 16. The minimum atomic E-state index is -1.84. The second kappa shape index (κ2) is 22.5. The van der Waals surface area contributed by atoms with Crippen LogP contribution in [0.2, 0.25) is 0 Å². The number of carbonyl (C=O) groups is 2. The van der Waals surface area contributed by atoms with Crippen molar-refractivity contribution in [3.05, 3.63) is 29.8 Å². The smallest absolute Gasteiger partial charge is 0.311 e. The first-order valence-corrected chi connectivity index (χ1v) is 23.3. The molecule has 3 aliphatic heterocycles. The van der Waals surface area contributed by atoms with Crippen molar-refractivity contribution in [3.8, 4) is 5.75 Å². The summed E-state index contributed by atoms with van der Waals surface area (Å²) >= 11 is 0. The number of nitrogens with one attached hydrogen (secondary N) is 3. The average Bonchev–Trinajstić information content (AvgIpc) is 3.24. The number of benzene rings is 1. The molecule has 0 aromatic heterocycles. The number of primary amides is 1. The first kappa shape index (κ1) is 54.1. The molecule has 1 aromatic carbocycles. The van der Waals surface area contributed by atoms with Gasteiger partial charge in [0.15, 0.2) is 18.7 Å². The van der Waals surface area contributed by atoms with Gasteiger partial charge in [-0.1, -0.05) is 27.7 Å². The number of aliphatic hydroxyl groups is 4. The number of hydrogen-bond donors (Lipinski definition) is 8. The van der Waals surface area contributed by atoms with E-state index in [0.717, 1.165) is 6.42 Å². The van der Waals surface area contributed by atoms with Gasteiger partial charge in [0.1, 0.15) is 34.8 Å². The quantitative estimate of drug-likeness (QED) is 0.0989. The van der Waals surface area contributed by atoms with Crippen LogP contribution in [-0.4, -0.2) is 156 Å². The van der Waals surface area contributed by atoms with Crippen molar-refractivity contribution in [2.24, 2.45) is 23.5 Å². The summed E-state index contributed by atoms with van der Waals surface area (Å²) in [6.07, 6.45) is -6.68. The molecular weight excluding hydrogens is 829 g/mol. The zero-order valence-electron chi connectivity index (χ0n) is 40.6. The number of esters is 1. The molecule has 1 amide bonds. The molecular formula is C47H82N4O13. The van der Waals surface area contributed by atoms with Gasteiger partial charge in [0.05, 0.1) is 42.0 Å². The Bertz CT molecular complexity index is 1640. The van der Waals surface area contributed by atoms with Crippen LogP contribution >= 0.6 is 0 Å². The van der Waals surface area contributed by atoms with Gasteiger partial charge in [0.2, 0.25) is 5.91 Å². The molecule has 64 heavy (non-hydrogen) atoms. The van der Waals surface area contributed by atoms with Crippen LogP contribution in [0.4, 0.5) is 0 Å². The standard InChI is InChI=1S/C47H82N4O13/c1-14-20-50-25-47(57)31(8)60-36(23-45(47,10)58-13)63-37-28(5)40(64-43-38(34(49-12)21-27(4)59-43)61-33-18-16-32(17-19-33)41(48)53)44(9,55)22-26(3)24-51-30(7)39(52)46(11,56)35(15-2)62-42(54)29(37)6/h16-19,26-31,34-40,43,49-52,55-57H,14-15,20-25H2,1-13H3,(H2,48,53)/t26-,27-,28+,29-,30-,31+,34+,35-,36+,37+,38-,39-,40-,43+,44-,45-,46-,47+/m1/s1. The SMILES string of the molecule is CCCNC[C@]1(O)[C@H](C)O[C@@H](O[C@H]2[C@H](C)[C@@H](O[C@@H]3O[C@H](C)C[C@H](NC)[C@H]3Oc3ccc(C(N)=O)cc3)[C@](C)(O)C[C@@H](C)CN[C@H](C)[C@@H](O)[C@](C)(O)[C@@H](CC)OC(=O)[C@@H]2C)C[C@@]1(C)OC. The third-order valence-corrected chi connectivity index (χ3v) is 14.1. The van der Waals surface area contributed by atoms with Crippen molar-refractivity contribution in [2.45, 2.75) is 198 Å². The van der Waals surface area contributed by atoms with E-state index in [1.54, 1.807) is 65.8 Å². The van der Waals surface area contributed by atoms with Gasteiger partial charge in [-0.05, 0) is 124 Å². The third kappa shape index (κ3) is 12.3. The van der Waals surface area contributed by atoms with Crippen molar-refractivity contribution in [3.63, 3.8) is 0 Å². The Morgan fingerprint density at radius 2 is 1.62 bits per heavy atom. The summed E-state index contributed by atoms with van der Waals surface area (Å²) < 4.78 is 45.8. The Morgan fingerprint density at radius 1 is 0.969 bits per heavy atom. The number of ether oxygens (including phenoxy) is 7. The molecule has 0 radical (unpaired) electrons. The molecule has 4 rings (SSSR count). The predicted molar refractivity (Wildman–Crippen MR) is 240 cm³/mol. The van der Waals surface area contributed by atoms with Gasteiger partial charge in [-0.25, -0.2) is 0 Å². The van der Waals surface area contributed by atoms with Crippen LogP contribution < -0.4 is 26.4 Å². The lowest BCUT2D eigenvalue weighted by atomic mass is 9.75. The maximum Gasteiger partial charge on any atom is 0.311 e. The highest BCUT2D eigenvalue weighted by Gasteiger charge is 2.58. The molecule has 0 unspecified atom stereocenters. The molecule has 0 spiro atoms. The third-order valence-electron chi connectivity index (χ3n) is 14.1. The van der Waals surface area contributed by atoms with Crippen LogP contribution in [-0.2, 0) is 33.2 Å². The molecule has 18 atom stereocenters. The van der Waals surface area contributed by atoms with E-state index in [1.807, 2.05) is 34.7 Å². The second-order valence-corrected chi connectivity index (χ2v) is 19.5. The minimum Gasteiger partial charge on any atom is -0.483 e. The van der Waals surface area contributed by atoms with E-state index >= 15 is 0 Å². The molecule has 3 fully saturated rings. The molecule has 0 aliphatic carbocycles. The van der Waals surface area contributed by atoms with Crippen LogP contribution in [0.3, 0.4) is 0 Å². The zero-order valence-corrected chi connectivity index (χ0v) is 40.6. The summed E-state index contributed by atoms with van der Waals surface area (Å²) in [6, 6.07) is 5.54. The Labute approximate surface area is 381 Å². The number of rotatable bonds is 14. The molecule has 9 N–H and O–H groups in total. The predicted octanol–water partition coefficient (Wildman–Crippen LogP) is 2.77. The van der Waals surface area contributed by atoms with Gasteiger partial charge in [0.25, 0.3) is 0 Å². The van der Waals surface area contributed by atoms with Gasteiger partial charge >= 0.3 is 5.97 Å². The van der Waals surface area contributed by atoms with Crippen LogP contribution in [0.1, 0.15) is 119 Å². The van der Waals surface area contributed by atoms with Gasteiger partial charge in [-0.15, -0.1) is 0 Å². The van der Waals surface area contributed by atoms with Crippen molar-refractivity contribution in [2.75, 3.05) is 33.8 Å². The van der Waals surface area contributed by atoms with Crippen molar-refractivity contribution >= 4 is 11.9 Å². The molecule has 368 valence electrons. The summed E-state index contributed by atoms with van der Waals surface area (Å²) in [5.74, 6) is -2.92. The van der Waals surface area contributed by atoms with E-state index in [1.165, 1.54) is 14.0 Å². The van der Waals surface area contributed by atoms with E-state index in [0.29, 0.717) is 30.8 Å². The van der Waals surface area contributed by atoms with E-state index in [2.05, 4.69) is 16.0 Å². The van der Waals surface area contributed by atoms with Crippen LogP contribution in [0.25, 0.3) is 0 Å². The monoisotopic (exact) mass is 911 g/mol. The number of methoxy groups -OCH3 is 1. The Kier molecular flexibility index (Phi) is 19.0. The molecule has 1 aromatic rings. The highest BCUT2D eigenvalue weighted by Crippen LogP contribution is 2.43. The molecule has 0 bridgehead atoms. The normalized spacial score (nSPS) is 43.1. The lowest BCUT2D eigenvalue weighted by molar-refractivity contribution is -0.335. The number of nitrogens with two attached hydrogens (primary N) is 1. The molecule has 3 heterocycles. The van der Waals surface area contributed by atoms with Crippen LogP contribution in [0.5, 0.6) is 5.75 Å². The fourth-order valence-electron chi connectivity index (χ4n) is 9.98. The Hall–Kier alpha value is -2.52. The second-order valence-electron chi connectivity index (χ2n) is 19.5. The Balaban J connectivity index is 1.85. The number of likely N-dealkylation sites (N-methyl/N-ethyl adjacent to an activating group) is 1. The van der Waals surface area contributed by atoms with Crippen LogP contribution in [0.15, 0.2) is 24.3 Å². The molecule has 0 saturated carbocycles. The largest absolute Gasteiger partial charge is 0.483 e. The fourth-order valence-corrected chi connectivity index (χ4v) is 9.98. The lowest BCUT2D eigenvalue weighted by Crippen LogP contribution is -2.70. The number of cyclic esters (lactones) is 1. The number of aliphatic hydroxyl groups excluding tert-OH is 1. The summed E-state index contributed by atoms with van der Waals surface area (Å²) in [7, 11) is 3.35. The first-order valence-electron chi connectivity index (χ1n) is 23.3. The minimum absolute atomic E-state index is 0.0711. The van der Waals surface area contributed by atoms with Gasteiger partial charge in [0, 0.05) is 37.6 Å². The van der Waals surface area contributed by atoms with E-state index in [4.69, 9.17) is 38.9 Å². The van der Waals surface area contributed by atoms with Gasteiger partial charge in [-0.3, -0.25) is 9.59 Å². The lowest BCUT2D eigenvalue weighted by Gasteiger charge is -2.53. The van der Waals surface area contributed by atoms with Crippen molar-refractivity contribution in [1.82, 2.24) is 16.0 Å². The van der Waals surface area contributed by atoms with Gasteiger partial charge in [-0.2, -0.15) is 0 Å². The summed E-state index contributed by atoms with van der Waals surface area (Å²) in [5.41, 5.74) is -0.257. The van der Waals surface area contributed by atoms with E-state index in [-0.39, 0.29) is 43.9 Å². The summed E-state index contributed by atoms with van der Waals surface area (Å²) in [6.45, 7) is 20.9. The molecule has 17 heteroatoms. The highest BCUT2D eigenvalue weighted by molar-refractivity contribution is 5.92. The van der Waals surface area contributed by atoms with Crippen molar-refractivity contribution in [1.29, 1.82) is 0 Å². The number of carbonyl (C=O) groups excluding carboxylic acids is 2. The topological polar surface area (TPSA) is 242 Å². The average molecular weight is 911 g/mol. The fraction of sp³-hybridized carbons (Fsp3) is 0.830.